The van der Waals surface area contributed by atoms with Crippen molar-refractivity contribution in [3.05, 3.63) is 27.9 Å². The Bertz CT molecular complexity index is 538. The van der Waals surface area contributed by atoms with Crippen molar-refractivity contribution < 1.29 is 14.8 Å². The molecule has 1 heterocycles. The zero-order valence-electron chi connectivity index (χ0n) is 10.2. The number of anilines is 1. The maximum atomic E-state index is 10.8. The molecule has 0 saturated carbocycles. The van der Waals surface area contributed by atoms with E-state index in [1.807, 2.05) is 0 Å². The fraction of sp³-hybridized carbons (Fsp3) is 0.364. The first-order valence-corrected chi connectivity index (χ1v) is 5.51. The fourth-order valence-electron chi connectivity index (χ4n) is 1.41. The smallest absolute Gasteiger partial charge is 0.308 e. The van der Waals surface area contributed by atoms with Crippen molar-refractivity contribution in [1.29, 1.82) is 5.26 Å². The Morgan fingerprint density at radius 1 is 1.68 bits per heavy atom. The molecule has 0 fully saturated rings. The van der Waals surface area contributed by atoms with Crippen LogP contribution in [0.15, 0.2) is 12.1 Å². The number of nitriles is 1. The van der Waals surface area contributed by atoms with Gasteiger partial charge in [0.25, 0.3) is 0 Å². The summed E-state index contributed by atoms with van der Waals surface area (Å²) in [5.74, 6) is -1.28. The summed E-state index contributed by atoms with van der Waals surface area (Å²) in [6.45, 7) is 1.88. The molecule has 1 aromatic rings. The number of nitro groups is 1. The van der Waals surface area contributed by atoms with E-state index in [0.717, 1.165) is 6.07 Å². The van der Waals surface area contributed by atoms with E-state index in [0.29, 0.717) is 6.42 Å². The maximum Gasteiger partial charge on any atom is 0.308 e. The van der Waals surface area contributed by atoms with Crippen molar-refractivity contribution in [3.63, 3.8) is 0 Å². The van der Waals surface area contributed by atoms with Crippen LogP contribution in [-0.2, 0) is 4.79 Å². The van der Waals surface area contributed by atoms with Gasteiger partial charge in [0.05, 0.1) is 10.8 Å². The van der Waals surface area contributed by atoms with Crippen LogP contribution in [0.4, 0.5) is 11.5 Å². The molecule has 0 saturated heterocycles. The summed E-state index contributed by atoms with van der Waals surface area (Å²) in [5.41, 5.74) is -0.684. The molecule has 0 amide bonds. The molecule has 8 nitrogen and oxygen atoms in total. The highest BCUT2D eigenvalue weighted by Crippen LogP contribution is 2.18. The molecule has 1 aromatic heterocycles. The number of carboxylic acids is 1. The lowest BCUT2D eigenvalue weighted by Crippen LogP contribution is -2.22. The van der Waals surface area contributed by atoms with Gasteiger partial charge in [-0.25, -0.2) is 4.98 Å². The van der Waals surface area contributed by atoms with Crippen LogP contribution in [-0.4, -0.2) is 27.5 Å². The molecule has 8 heteroatoms. The molecule has 0 aromatic carbocycles. The van der Waals surface area contributed by atoms with E-state index in [2.05, 4.69) is 10.3 Å². The third-order valence-electron chi connectivity index (χ3n) is 2.55. The normalized spacial score (nSPS) is 11.4. The van der Waals surface area contributed by atoms with Crippen molar-refractivity contribution in [3.8, 4) is 6.07 Å². The van der Waals surface area contributed by atoms with Crippen LogP contribution < -0.4 is 5.32 Å². The minimum atomic E-state index is -0.933. The molecule has 1 unspecified atom stereocenters. The molecule has 0 bridgehead atoms. The summed E-state index contributed by atoms with van der Waals surface area (Å²) in [6.07, 6.45) is 0.445. The summed E-state index contributed by atoms with van der Waals surface area (Å²) in [5, 5.41) is 31.0. The molecular weight excluding hydrogens is 252 g/mol. The van der Waals surface area contributed by atoms with Crippen LogP contribution in [0, 0.1) is 27.4 Å². The maximum absolute atomic E-state index is 10.8. The van der Waals surface area contributed by atoms with Gasteiger partial charge >= 0.3 is 11.7 Å². The number of carbonyl (C=O) groups is 1. The summed E-state index contributed by atoms with van der Waals surface area (Å²) in [7, 11) is 0. The van der Waals surface area contributed by atoms with Gasteiger partial charge in [-0.1, -0.05) is 6.92 Å². The quantitative estimate of drug-likeness (QED) is 0.586. The molecule has 0 aliphatic heterocycles. The zero-order chi connectivity index (χ0) is 14.4. The molecule has 19 heavy (non-hydrogen) atoms. The minimum absolute atomic E-state index is 0.140. The van der Waals surface area contributed by atoms with Crippen LogP contribution >= 0.6 is 0 Å². The molecule has 1 rings (SSSR count). The number of pyridine rings is 1. The van der Waals surface area contributed by atoms with Crippen molar-refractivity contribution in [2.45, 2.75) is 13.3 Å². The number of aromatic nitrogens is 1. The predicted molar refractivity (Wildman–Crippen MR) is 65.5 cm³/mol. The second kappa shape index (κ2) is 6.30. The predicted octanol–water partition coefficient (Wildman–Crippen LogP) is 1.38. The average Bonchev–Trinajstić information content (AvgIpc) is 2.38. The third kappa shape index (κ3) is 3.64. The van der Waals surface area contributed by atoms with Gasteiger partial charge in [-0.3, -0.25) is 14.9 Å². The largest absolute Gasteiger partial charge is 0.481 e. The van der Waals surface area contributed by atoms with Gasteiger partial charge < -0.3 is 10.4 Å². The number of hydrogen-bond donors (Lipinski definition) is 2. The van der Waals surface area contributed by atoms with E-state index in [1.165, 1.54) is 6.07 Å². The molecular formula is C11H12N4O4. The Labute approximate surface area is 108 Å². The number of aliphatic carboxylic acids is 1. The first-order chi connectivity index (χ1) is 8.99. The topological polar surface area (TPSA) is 129 Å². The van der Waals surface area contributed by atoms with E-state index in [4.69, 9.17) is 10.4 Å². The molecule has 1 atom stereocenters. The van der Waals surface area contributed by atoms with Crippen LogP contribution in [0.25, 0.3) is 0 Å². The Hall–Kier alpha value is -2.69. The first-order valence-electron chi connectivity index (χ1n) is 5.51. The van der Waals surface area contributed by atoms with Crippen molar-refractivity contribution >= 4 is 17.5 Å². The van der Waals surface area contributed by atoms with Crippen molar-refractivity contribution in [2.24, 2.45) is 5.92 Å². The van der Waals surface area contributed by atoms with Crippen molar-refractivity contribution in [2.75, 3.05) is 11.9 Å². The van der Waals surface area contributed by atoms with E-state index in [1.54, 1.807) is 13.0 Å². The minimum Gasteiger partial charge on any atom is -0.481 e. The van der Waals surface area contributed by atoms with Crippen molar-refractivity contribution in [1.82, 2.24) is 4.98 Å². The molecule has 100 valence electrons. The summed E-state index contributed by atoms with van der Waals surface area (Å²) >= 11 is 0. The molecule has 0 aliphatic rings. The SMILES string of the molecule is CCC(CNc1ccc([N+](=O)[O-])c(C#N)n1)C(=O)O. The number of nitrogens with one attached hydrogen (secondary N) is 1. The van der Waals surface area contributed by atoms with Crippen LogP contribution in [0.1, 0.15) is 19.0 Å². The molecule has 0 aliphatic carbocycles. The Morgan fingerprint density at radius 3 is 2.84 bits per heavy atom. The second-order valence-corrected chi connectivity index (χ2v) is 3.76. The Morgan fingerprint density at radius 2 is 2.37 bits per heavy atom. The van der Waals surface area contributed by atoms with Gasteiger partial charge in [-0.05, 0) is 12.5 Å². The number of hydrogen-bond acceptors (Lipinski definition) is 6. The monoisotopic (exact) mass is 264 g/mol. The number of nitrogens with zero attached hydrogens (tertiary/aromatic N) is 3. The lowest BCUT2D eigenvalue weighted by Gasteiger charge is -2.11. The van der Waals surface area contributed by atoms with Gasteiger partial charge in [-0.2, -0.15) is 5.26 Å². The summed E-state index contributed by atoms with van der Waals surface area (Å²) < 4.78 is 0. The standard InChI is InChI=1S/C11H12N4O4/c1-2-7(11(16)17)6-13-10-4-3-9(15(18)19)8(5-12)14-10/h3-4,7H,2,6H2,1H3,(H,13,14)(H,16,17). The lowest BCUT2D eigenvalue weighted by atomic mass is 10.1. The Kier molecular flexibility index (Phi) is 4.76. The van der Waals surface area contributed by atoms with E-state index >= 15 is 0 Å². The highest BCUT2D eigenvalue weighted by molar-refractivity contribution is 5.70. The summed E-state index contributed by atoms with van der Waals surface area (Å²) in [4.78, 5) is 24.5. The second-order valence-electron chi connectivity index (χ2n) is 3.76. The Balaban J connectivity index is 2.84. The molecule has 0 radical (unpaired) electrons. The van der Waals surface area contributed by atoms with Crippen LogP contribution in [0.5, 0.6) is 0 Å². The highest BCUT2D eigenvalue weighted by Gasteiger charge is 2.17. The van der Waals surface area contributed by atoms with E-state index in [-0.39, 0.29) is 23.7 Å². The lowest BCUT2D eigenvalue weighted by molar-refractivity contribution is -0.385. The van der Waals surface area contributed by atoms with E-state index < -0.39 is 16.8 Å². The van der Waals surface area contributed by atoms with Gasteiger partial charge in [0.1, 0.15) is 11.9 Å². The summed E-state index contributed by atoms with van der Waals surface area (Å²) in [6, 6.07) is 4.14. The van der Waals surface area contributed by atoms with Crippen LogP contribution in [0.3, 0.4) is 0 Å². The first kappa shape index (κ1) is 14.4. The van der Waals surface area contributed by atoms with Gasteiger partial charge in [0.15, 0.2) is 0 Å². The van der Waals surface area contributed by atoms with Gasteiger partial charge in [-0.15, -0.1) is 0 Å². The third-order valence-corrected chi connectivity index (χ3v) is 2.55. The highest BCUT2D eigenvalue weighted by atomic mass is 16.6. The fourth-order valence-corrected chi connectivity index (χ4v) is 1.41. The van der Waals surface area contributed by atoms with Crippen LogP contribution in [0.2, 0.25) is 0 Å². The van der Waals surface area contributed by atoms with Gasteiger partial charge in [0.2, 0.25) is 5.69 Å². The zero-order valence-corrected chi connectivity index (χ0v) is 10.2. The van der Waals surface area contributed by atoms with E-state index in [9.17, 15) is 14.9 Å². The van der Waals surface area contributed by atoms with Gasteiger partial charge in [0, 0.05) is 12.6 Å². The molecule has 0 spiro atoms. The number of carboxylic acid groups (broad SMARTS) is 1. The average molecular weight is 264 g/mol. The number of rotatable bonds is 6. The molecule has 2 N–H and O–H groups in total.